The van der Waals surface area contributed by atoms with Gasteiger partial charge in [0.1, 0.15) is 12.6 Å². The normalized spacial score (nSPS) is 18.5. The third-order valence-electron chi connectivity index (χ3n) is 3.15. The number of nitrogens with zero attached hydrogens (tertiary/aromatic N) is 2. The van der Waals surface area contributed by atoms with Crippen LogP contribution in [0, 0.1) is 0 Å². The molecule has 0 bridgehead atoms. The number of carboxylic acids is 1. The first-order chi connectivity index (χ1) is 8.88. The van der Waals surface area contributed by atoms with E-state index < -0.39 is 24.0 Å². The third kappa shape index (κ3) is 3.59. The number of methoxy groups -OCH3 is 1. The van der Waals surface area contributed by atoms with Crippen LogP contribution in [0.2, 0.25) is 0 Å². The number of carboxylic acid groups (broad SMARTS) is 1. The first-order valence-electron chi connectivity index (χ1n) is 6.25. The van der Waals surface area contributed by atoms with E-state index >= 15 is 0 Å². The molecule has 1 saturated heterocycles. The molecule has 0 aliphatic carbocycles. The summed E-state index contributed by atoms with van der Waals surface area (Å²) in [4.78, 5) is 37.4. The molecule has 7 nitrogen and oxygen atoms in total. The summed E-state index contributed by atoms with van der Waals surface area (Å²) < 4.78 is 4.67. The van der Waals surface area contributed by atoms with E-state index in [9.17, 15) is 14.4 Å². The number of urea groups is 1. The van der Waals surface area contributed by atoms with E-state index in [1.807, 2.05) is 0 Å². The zero-order valence-electron chi connectivity index (χ0n) is 11.5. The van der Waals surface area contributed by atoms with Crippen LogP contribution >= 0.6 is 0 Å². The Bertz CT molecular complexity index is 369. The number of amides is 2. The van der Waals surface area contributed by atoms with Crippen molar-refractivity contribution < 1.29 is 24.2 Å². The number of likely N-dealkylation sites (tertiary alicyclic amines) is 1. The average molecular weight is 272 g/mol. The molecule has 0 aromatic heterocycles. The minimum atomic E-state index is -1.07. The molecule has 1 aliphatic rings. The van der Waals surface area contributed by atoms with Gasteiger partial charge >= 0.3 is 18.0 Å². The molecule has 0 aromatic rings. The molecule has 1 rings (SSSR count). The Morgan fingerprint density at radius 3 is 2.53 bits per heavy atom. The van der Waals surface area contributed by atoms with Gasteiger partial charge in [0.25, 0.3) is 0 Å². The van der Waals surface area contributed by atoms with E-state index in [-0.39, 0.29) is 12.6 Å². The Balaban J connectivity index is 2.83. The van der Waals surface area contributed by atoms with E-state index in [1.165, 1.54) is 16.9 Å². The molecule has 0 radical (unpaired) electrons. The van der Waals surface area contributed by atoms with Gasteiger partial charge in [-0.2, -0.15) is 0 Å². The zero-order valence-corrected chi connectivity index (χ0v) is 11.5. The highest BCUT2D eigenvalue weighted by molar-refractivity contribution is 5.86. The lowest BCUT2D eigenvalue weighted by Gasteiger charge is -2.32. The summed E-state index contributed by atoms with van der Waals surface area (Å²) in [6, 6.07) is -1.28. The first-order valence-corrected chi connectivity index (χ1v) is 6.25. The number of hydrogen-bond acceptors (Lipinski definition) is 4. The van der Waals surface area contributed by atoms with Crippen LogP contribution in [-0.2, 0) is 14.3 Å². The van der Waals surface area contributed by atoms with Crippen LogP contribution in [0.4, 0.5) is 4.79 Å². The average Bonchev–Trinajstić information content (AvgIpc) is 2.82. The summed E-state index contributed by atoms with van der Waals surface area (Å²) in [6.07, 6.45) is 1.27. The summed E-state index contributed by atoms with van der Waals surface area (Å²) >= 11 is 0. The van der Waals surface area contributed by atoms with Crippen molar-refractivity contribution >= 4 is 18.0 Å². The monoisotopic (exact) mass is 272 g/mol. The number of ether oxygens (including phenoxy) is 1. The largest absolute Gasteiger partial charge is 0.480 e. The lowest BCUT2D eigenvalue weighted by Crippen LogP contribution is -2.51. The molecule has 0 saturated carbocycles. The molecule has 1 N–H and O–H groups in total. The number of rotatable bonds is 4. The van der Waals surface area contributed by atoms with Gasteiger partial charge in [-0.15, -0.1) is 0 Å². The predicted molar refractivity (Wildman–Crippen MR) is 66.6 cm³/mol. The van der Waals surface area contributed by atoms with Crippen molar-refractivity contribution in [3.63, 3.8) is 0 Å². The molecule has 1 atom stereocenters. The van der Waals surface area contributed by atoms with Gasteiger partial charge in [0, 0.05) is 12.6 Å². The maximum absolute atomic E-state index is 12.3. The van der Waals surface area contributed by atoms with Gasteiger partial charge in [0.15, 0.2) is 0 Å². The number of aliphatic carboxylic acids is 1. The molecular formula is C12H20N2O5. The van der Waals surface area contributed by atoms with Gasteiger partial charge in [-0.3, -0.25) is 4.79 Å². The Hall–Kier alpha value is -1.79. The van der Waals surface area contributed by atoms with E-state index in [0.29, 0.717) is 19.4 Å². The maximum Gasteiger partial charge on any atom is 0.328 e. The van der Waals surface area contributed by atoms with Crippen LogP contribution in [-0.4, -0.2) is 65.2 Å². The van der Waals surface area contributed by atoms with Crippen molar-refractivity contribution in [3.8, 4) is 0 Å². The highest BCUT2D eigenvalue weighted by atomic mass is 16.5. The van der Waals surface area contributed by atoms with Crippen LogP contribution in [0.15, 0.2) is 0 Å². The van der Waals surface area contributed by atoms with Crippen molar-refractivity contribution in [1.29, 1.82) is 0 Å². The fraction of sp³-hybridized carbons (Fsp3) is 0.750. The van der Waals surface area contributed by atoms with Crippen LogP contribution in [0.3, 0.4) is 0 Å². The van der Waals surface area contributed by atoms with Gasteiger partial charge in [0.2, 0.25) is 0 Å². The molecule has 2 amide bonds. The number of carbonyl (C=O) groups excluding carboxylic acids is 2. The highest BCUT2D eigenvalue weighted by Gasteiger charge is 2.37. The van der Waals surface area contributed by atoms with Gasteiger partial charge < -0.3 is 19.6 Å². The number of esters is 1. The lowest BCUT2D eigenvalue weighted by molar-refractivity contribution is -0.145. The summed E-state index contributed by atoms with van der Waals surface area (Å²) in [5.41, 5.74) is 0. The molecule has 0 spiro atoms. The molecule has 1 aliphatic heterocycles. The second-order valence-electron chi connectivity index (χ2n) is 4.77. The Kier molecular flexibility index (Phi) is 5.14. The standard InChI is InChI=1S/C12H20N2O5/c1-8(2)14(7-10(15)16)12(18)13-6-4-5-9(13)11(17)19-3/h8-9H,4-7H2,1-3H3,(H,15,16). The smallest absolute Gasteiger partial charge is 0.328 e. The molecule has 108 valence electrons. The minimum Gasteiger partial charge on any atom is -0.480 e. The fourth-order valence-corrected chi connectivity index (χ4v) is 2.16. The Morgan fingerprint density at radius 2 is 2.05 bits per heavy atom. The Morgan fingerprint density at radius 1 is 1.42 bits per heavy atom. The van der Waals surface area contributed by atoms with E-state index in [1.54, 1.807) is 13.8 Å². The van der Waals surface area contributed by atoms with E-state index in [0.717, 1.165) is 0 Å². The van der Waals surface area contributed by atoms with Gasteiger partial charge in [-0.05, 0) is 26.7 Å². The van der Waals surface area contributed by atoms with Crippen molar-refractivity contribution in [1.82, 2.24) is 9.80 Å². The maximum atomic E-state index is 12.3. The van der Waals surface area contributed by atoms with Crippen LogP contribution < -0.4 is 0 Å². The molecule has 0 aromatic carbocycles. The second kappa shape index (κ2) is 6.40. The van der Waals surface area contributed by atoms with Crippen molar-refractivity contribution in [2.24, 2.45) is 0 Å². The molecule has 1 unspecified atom stereocenters. The van der Waals surface area contributed by atoms with Gasteiger partial charge in [0.05, 0.1) is 7.11 Å². The molecule has 19 heavy (non-hydrogen) atoms. The summed E-state index contributed by atoms with van der Waals surface area (Å²) in [7, 11) is 1.28. The molecular weight excluding hydrogens is 252 g/mol. The molecule has 1 heterocycles. The van der Waals surface area contributed by atoms with E-state index in [2.05, 4.69) is 4.74 Å². The second-order valence-corrected chi connectivity index (χ2v) is 4.77. The highest BCUT2D eigenvalue weighted by Crippen LogP contribution is 2.21. The predicted octanol–water partition coefficient (Wildman–Crippen LogP) is 0.539. The number of carbonyl (C=O) groups is 3. The van der Waals surface area contributed by atoms with E-state index in [4.69, 9.17) is 5.11 Å². The third-order valence-corrected chi connectivity index (χ3v) is 3.15. The van der Waals surface area contributed by atoms with Crippen molar-refractivity contribution in [3.05, 3.63) is 0 Å². The first kappa shape index (κ1) is 15.3. The minimum absolute atomic E-state index is 0.248. The van der Waals surface area contributed by atoms with Crippen LogP contribution in [0.5, 0.6) is 0 Å². The van der Waals surface area contributed by atoms with Crippen molar-refractivity contribution in [2.75, 3.05) is 20.2 Å². The van der Waals surface area contributed by atoms with Crippen molar-refractivity contribution in [2.45, 2.75) is 38.8 Å². The van der Waals surface area contributed by atoms with Crippen LogP contribution in [0.25, 0.3) is 0 Å². The summed E-state index contributed by atoms with van der Waals surface area (Å²) in [5.74, 6) is -1.53. The topological polar surface area (TPSA) is 87.2 Å². The van der Waals surface area contributed by atoms with Crippen LogP contribution in [0.1, 0.15) is 26.7 Å². The molecule has 7 heteroatoms. The van der Waals surface area contributed by atoms with Gasteiger partial charge in [-0.25, -0.2) is 9.59 Å². The molecule has 1 fully saturated rings. The lowest BCUT2D eigenvalue weighted by atomic mass is 10.2. The Labute approximate surface area is 112 Å². The number of hydrogen-bond donors (Lipinski definition) is 1. The quantitative estimate of drug-likeness (QED) is 0.755. The summed E-state index contributed by atoms with van der Waals surface area (Å²) in [5, 5.41) is 8.84. The van der Waals surface area contributed by atoms with Gasteiger partial charge in [-0.1, -0.05) is 0 Å². The summed E-state index contributed by atoms with van der Waals surface area (Å²) in [6.45, 7) is 3.55. The SMILES string of the molecule is COC(=O)C1CCCN1C(=O)N(CC(=O)O)C(C)C. The fourth-order valence-electron chi connectivity index (χ4n) is 2.16. The zero-order chi connectivity index (χ0) is 14.6.